The van der Waals surface area contributed by atoms with Crippen LogP contribution in [0, 0.1) is 0 Å². The second-order valence-corrected chi connectivity index (χ2v) is 6.26. The number of hydrogen-bond acceptors (Lipinski definition) is 2. The zero-order valence-electron chi connectivity index (χ0n) is 14.0. The number of carbonyl (C=O) groups is 2. The van der Waals surface area contributed by atoms with E-state index in [4.69, 9.17) is 0 Å². The van der Waals surface area contributed by atoms with Crippen LogP contribution in [-0.2, 0) is 22.2 Å². The van der Waals surface area contributed by atoms with E-state index in [1.807, 2.05) is 0 Å². The molecule has 3 rings (SSSR count). The predicted octanol–water partition coefficient (Wildman–Crippen LogP) is 4.01. The number of nitrogens with one attached hydrogen (secondary N) is 1. The van der Waals surface area contributed by atoms with E-state index < -0.39 is 17.8 Å². The minimum absolute atomic E-state index is 0.114. The summed E-state index contributed by atoms with van der Waals surface area (Å²) in [7, 11) is 0. The van der Waals surface area contributed by atoms with E-state index in [1.165, 1.54) is 17.0 Å². The number of rotatable bonds is 2. The number of carbonyl (C=O) groups excluding carboxylic acids is 2. The van der Waals surface area contributed by atoms with E-state index in [9.17, 15) is 22.8 Å². The van der Waals surface area contributed by atoms with E-state index in [0.29, 0.717) is 11.4 Å². The van der Waals surface area contributed by atoms with Crippen molar-refractivity contribution in [1.29, 1.82) is 0 Å². The number of hydrogen-bond donors (Lipinski definition) is 1. The fraction of sp³-hybridized carbons (Fsp3) is 0.263. The molecule has 1 heterocycles. The van der Waals surface area contributed by atoms with Crippen LogP contribution >= 0.6 is 0 Å². The Balaban J connectivity index is 1.91. The van der Waals surface area contributed by atoms with Crippen LogP contribution in [0.15, 0.2) is 48.5 Å². The fourth-order valence-corrected chi connectivity index (χ4v) is 3.09. The molecular weight excluding hydrogens is 345 g/mol. The number of anilines is 2. The highest BCUT2D eigenvalue weighted by Gasteiger charge is 2.32. The van der Waals surface area contributed by atoms with Gasteiger partial charge in [-0.3, -0.25) is 9.59 Å². The molecule has 136 valence electrons. The molecule has 0 saturated carbocycles. The lowest BCUT2D eigenvalue weighted by Crippen LogP contribution is -2.40. The van der Waals surface area contributed by atoms with Gasteiger partial charge in [-0.2, -0.15) is 13.2 Å². The van der Waals surface area contributed by atoms with Gasteiger partial charge >= 0.3 is 6.18 Å². The highest BCUT2D eigenvalue weighted by molar-refractivity contribution is 6.04. The van der Waals surface area contributed by atoms with Crippen molar-refractivity contribution in [2.75, 3.05) is 10.2 Å². The minimum atomic E-state index is -4.46. The van der Waals surface area contributed by atoms with Crippen LogP contribution in [0.1, 0.15) is 24.5 Å². The van der Waals surface area contributed by atoms with Crippen molar-refractivity contribution in [3.8, 4) is 0 Å². The summed E-state index contributed by atoms with van der Waals surface area (Å²) in [4.78, 5) is 26.3. The summed E-state index contributed by atoms with van der Waals surface area (Å²) >= 11 is 0. The Bertz CT molecular complexity index is 849. The van der Waals surface area contributed by atoms with Crippen molar-refractivity contribution < 1.29 is 22.8 Å². The van der Waals surface area contributed by atoms with Gasteiger partial charge in [0.25, 0.3) is 0 Å². The molecule has 0 aliphatic carbocycles. The first kappa shape index (κ1) is 18.0. The number of amides is 2. The van der Waals surface area contributed by atoms with Crippen LogP contribution in [0.25, 0.3) is 0 Å². The Labute approximate surface area is 148 Å². The molecule has 26 heavy (non-hydrogen) atoms. The second kappa shape index (κ2) is 6.82. The molecule has 0 radical (unpaired) electrons. The third-order valence-electron chi connectivity index (χ3n) is 4.24. The first-order valence-corrected chi connectivity index (χ1v) is 8.13. The van der Waals surface area contributed by atoms with Crippen molar-refractivity contribution >= 4 is 23.2 Å². The molecule has 2 aromatic rings. The molecule has 0 fully saturated rings. The highest BCUT2D eigenvalue weighted by Crippen LogP contribution is 2.33. The third-order valence-corrected chi connectivity index (χ3v) is 4.24. The van der Waals surface area contributed by atoms with Crippen molar-refractivity contribution in [2.45, 2.75) is 32.0 Å². The Hall–Kier alpha value is -2.83. The number of halogens is 3. The lowest BCUT2D eigenvalue weighted by molar-refractivity contribution is -0.137. The molecule has 7 heteroatoms. The van der Waals surface area contributed by atoms with Crippen molar-refractivity contribution in [1.82, 2.24) is 0 Å². The van der Waals surface area contributed by atoms with Crippen molar-refractivity contribution in [3.63, 3.8) is 0 Å². The summed E-state index contributed by atoms with van der Waals surface area (Å²) in [6.07, 6.45) is -4.53. The van der Waals surface area contributed by atoms with Gasteiger partial charge in [0, 0.05) is 12.5 Å². The maximum atomic E-state index is 12.9. The van der Waals surface area contributed by atoms with Crippen molar-refractivity contribution in [2.24, 2.45) is 0 Å². The summed E-state index contributed by atoms with van der Waals surface area (Å²) in [5.74, 6) is -0.569. The van der Waals surface area contributed by atoms with Crippen LogP contribution in [-0.4, -0.2) is 17.9 Å². The molecule has 2 amide bonds. The molecule has 2 aromatic carbocycles. The van der Waals surface area contributed by atoms with Crippen molar-refractivity contribution in [3.05, 3.63) is 59.7 Å². The van der Waals surface area contributed by atoms with E-state index in [0.717, 1.165) is 12.1 Å². The maximum absolute atomic E-state index is 12.9. The molecule has 0 spiro atoms. The molecule has 0 aromatic heterocycles. The summed E-state index contributed by atoms with van der Waals surface area (Å²) in [6, 6.07) is 11.2. The van der Waals surface area contributed by atoms with E-state index >= 15 is 0 Å². The van der Waals surface area contributed by atoms with Crippen LogP contribution < -0.4 is 10.2 Å². The topological polar surface area (TPSA) is 49.4 Å². The van der Waals surface area contributed by atoms with Gasteiger partial charge in [-0.25, -0.2) is 0 Å². The summed E-state index contributed by atoms with van der Waals surface area (Å²) in [6.45, 7) is 1.74. The SMILES string of the molecule is C[C@H]1CC(=O)Nc2ccccc2N1C(=O)Cc1cccc(C(F)(F)F)c1. The van der Waals surface area contributed by atoms with Gasteiger partial charge in [0.2, 0.25) is 11.8 Å². The maximum Gasteiger partial charge on any atom is 0.416 e. The van der Waals surface area contributed by atoms with Gasteiger partial charge in [-0.05, 0) is 30.7 Å². The molecule has 1 atom stereocenters. The Morgan fingerprint density at radius 3 is 2.65 bits per heavy atom. The standard InChI is InChI=1S/C19H17F3N2O2/c1-12-9-17(25)23-15-7-2-3-8-16(15)24(12)18(26)11-13-5-4-6-14(10-13)19(20,21)22/h2-8,10,12H,9,11H2,1H3,(H,23,25)/t12-/m0/s1. The molecular formula is C19H17F3N2O2. The largest absolute Gasteiger partial charge is 0.416 e. The predicted molar refractivity (Wildman–Crippen MR) is 91.8 cm³/mol. The molecule has 1 aliphatic heterocycles. The van der Waals surface area contributed by atoms with Crippen LogP contribution in [0.5, 0.6) is 0 Å². The average molecular weight is 362 g/mol. The summed E-state index contributed by atoms with van der Waals surface area (Å²) in [5.41, 5.74) is 0.545. The van der Waals surface area contributed by atoms with Gasteiger partial charge in [0.1, 0.15) is 0 Å². The average Bonchev–Trinajstić information content (AvgIpc) is 2.68. The molecule has 1 N–H and O–H groups in total. The smallest absolute Gasteiger partial charge is 0.324 e. The van der Waals surface area contributed by atoms with E-state index in [1.54, 1.807) is 31.2 Å². The molecule has 1 aliphatic rings. The van der Waals surface area contributed by atoms with Crippen LogP contribution in [0.4, 0.5) is 24.5 Å². The first-order chi connectivity index (χ1) is 12.3. The number of para-hydroxylation sites is 2. The number of benzene rings is 2. The third kappa shape index (κ3) is 3.71. The zero-order valence-corrected chi connectivity index (χ0v) is 14.0. The van der Waals surface area contributed by atoms with Gasteiger partial charge < -0.3 is 10.2 Å². The van der Waals surface area contributed by atoms with Crippen LogP contribution in [0.3, 0.4) is 0 Å². The normalized spacial score (nSPS) is 17.3. The quantitative estimate of drug-likeness (QED) is 0.878. The zero-order chi connectivity index (χ0) is 18.9. The molecule has 0 unspecified atom stereocenters. The Kier molecular flexibility index (Phi) is 4.71. The lowest BCUT2D eigenvalue weighted by Gasteiger charge is -2.28. The fourth-order valence-electron chi connectivity index (χ4n) is 3.09. The van der Waals surface area contributed by atoms with E-state index in [2.05, 4.69) is 5.32 Å². The van der Waals surface area contributed by atoms with Gasteiger partial charge in [0.05, 0.1) is 23.4 Å². The second-order valence-electron chi connectivity index (χ2n) is 6.26. The Morgan fingerprint density at radius 1 is 1.19 bits per heavy atom. The molecule has 4 nitrogen and oxygen atoms in total. The van der Waals surface area contributed by atoms with Gasteiger partial charge in [-0.15, -0.1) is 0 Å². The summed E-state index contributed by atoms with van der Waals surface area (Å²) < 4.78 is 38.6. The number of alkyl halides is 3. The van der Waals surface area contributed by atoms with Gasteiger partial charge in [-0.1, -0.05) is 30.3 Å². The van der Waals surface area contributed by atoms with Gasteiger partial charge in [0.15, 0.2) is 0 Å². The van der Waals surface area contributed by atoms with E-state index in [-0.39, 0.29) is 30.2 Å². The summed E-state index contributed by atoms with van der Waals surface area (Å²) in [5, 5.41) is 2.75. The number of nitrogens with zero attached hydrogens (tertiary/aromatic N) is 1. The monoisotopic (exact) mass is 362 g/mol. The highest BCUT2D eigenvalue weighted by atomic mass is 19.4. The minimum Gasteiger partial charge on any atom is -0.324 e. The first-order valence-electron chi connectivity index (χ1n) is 8.13. The lowest BCUT2D eigenvalue weighted by atomic mass is 10.1. The Morgan fingerprint density at radius 2 is 1.92 bits per heavy atom. The number of fused-ring (bicyclic) bond motifs is 1. The molecule has 0 saturated heterocycles. The van der Waals surface area contributed by atoms with Crippen LogP contribution in [0.2, 0.25) is 0 Å². The molecule has 0 bridgehead atoms.